The lowest BCUT2D eigenvalue weighted by Gasteiger charge is -2.70. The third-order valence-electron chi connectivity index (χ3n) is 7.43. The number of carboxylic acids is 1. The molecule has 3 saturated carbocycles. The van der Waals surface area contributed by atoms with Crippen LogP contribution in [0.15, 0.2) is 41.9 Å². The molecule has 0 spiro atoms. The summed E-state index contributed by atoms with van der Waals surface area (Å²) in [5.74, 6) is -2.08. The first-order valence-corrected chi connectivity index (χ1v) is 13.9. The number of anilines is 1. The lowest BCUT2D eigenvalue weighted by molar-refractivity contribution is -0.192. The Balaban J connectivity index is 0.000000431. The van der Waals surface area contributed by atoms with Crippen LogP contribution >= 0.6 is 0 Å². The second-order valence-corrected chi connectivity index (χ2v) is 12.1. The van der Waals surface area contributed by atoms with Crippen LogP contribution in [0, 0.1) is 12.3 Å². The van der Waals surface area contributed by atoms with E-state index in [0.717, 1.165) is 25.1 Å². The second-order valence-electron chi connectivity index (χ2n) is 10.4. The number of aliphatic carboxylic acids is 1. The standard InChI is InChI=1S/C22H24N8O3S.C2HF3O2/c1-14-3-4-15(7-16(14)17-8-25-18(23)19(27-17)30-13-24-12-26-30)34(32,33)28-22-9-21(10-22,11-22)20(31)29-5-2-6-29;3-2(4,5)1(6)7/h3-4,7-8,12-13,28H,2,5-6,9-11H2,1H3,(H2,23,25);(H,6,7). The van der Waals surface area contributed by atoms with Gasteiger partial charge in [0.1, 0.15) is 12.7 Å². The van der Waals surface area contributed by atoms with Crippen LogP contribution in [0.2, 0.25) is 0 Å². The first-order valence-electron chi connectivity index (χ1n) is 12.4. The number of halogens is 3. The van der Waals surface area contributed by atoms with E-state index in [1.807, 2.05) is 11.8 Å². The van der Waals surface area contributed by atoms with E-state index in [-0.39, 0.29) is 22.0 Å². The number of aryl methyl sites for hydroxylation is 1. The van der Waals surface area contributed by atoms with Gasteiger partial charge in [-0.25, -0.2) is 32.9 Å². The van der Waals surface area contributed by atoms with Crippen molar-refractivity contribution in [2.45, 2.75) is 49.2 Å². The largest absolute Gasteiger partial charge is 0.490 e. The molecule has 4 N–H and O–H groups in total. The molecule has 2 bridgehead atoms. The first-order chi connectivity index (χ1) is 19.1. The van der Waals surface area contributed by atoms with Gasteiger partial charge in [-0.2, -0.15) is 23.0 Å². The fourth-order valence-corrected chi connectivity index (χ4v) is 6.80. The average molecular weight is 595 g/mol. The molecule has 4 aliphatic rings. The van der Waals surface area contributed by atoms with Crippen molar-refractivity contribution in [1.29, 1.82) is 0 Å². The minimum atomic E-state index is -5.08. The number of nitrogens with two attached hydrogens (primary N) is 1. The number of rotatable bonds is 6. The van der Waals surface area contributed by atoms with Gasteiger partial charge in [0.25, 0.3) is 0 Å². The van der Waals surface area contributed by atoms with E-state index in [4.69, 9.17) is 15.6 Å². The zero-order chi connectivity index (χ0) is 29.8. The number of nitrogens with one attached hydrogen (secondary N) is 1. The molecule has 3 aliphatic carbocycles. The zero-order valence-corrected chi connectivity index (χ0v) is 22.4. The summed E-state index contributed by atoms with van der Waals surface area (Å²) in [6.07, 6.45) is 2.01. The molecule has 1 aliphatic heterocycles. The third kappa shape index (κ3) is 5.21. The number of likely N-dealkylation sites (tertiary alicyclic amines) is 1. The van der Waals surface area contributed by atoms with Crippen LogP contribution in [0.5, 0.6) is 0 Å². The number of amides is 1. The van der Waals surface area contributed by atoms with Crippen molar-refractivity contribution in [3.63, 3.8) is 0 Å². The molecule has 4 fully saturated rings. The Morgan fingerprint density at radius 1 is 1.17 bits per heavy atom. The third-order valence-corrected chi connectivity index (χ3v) is 9.01. The van der Waals surface area contributed by atoms with E-state index in [1.54, 1.807) is 18.2 Å². The fraction of sp³-hybridized carbons (Fsp3) is 0.417. The maximum Gasteiger partial charge on any atom is 0.490 e. The van der Waals surface area contributed by atoms with Crippen molar-refractivity contribution in [3.05, 3.63) is 42.6 Å². The molecule has 1 amide bonds. The van der Waals surface area contributed by atoms with Crippen molar-refractivity contribution in [3.8, 4) is 17.1 Å². The van der Waals surface area contributed by atoms with Crippen LogP contribution < -0.4 is 10.5 Å². The Morgan fingerprint density at radius 2 is 1.83 bits per heavy atom. The molecule has 3 aromatic rings. The summed E-state index contributed by atoms with van der Waals surface area (Å²) >= 11 is 0. The van der Waals surface area contributed by atoms with Crippen LogP contribution in [0.25, 0.3) is 17.1 Å². The van der Waals surface area contributed by atoms with Gasteiger partial charge in [0, 0.05) is 24.2 Å². The molecule has 218 valence electrons. The van der Waals surface area contributed by atoms with Gasteiger partial charge in [-0.05, 0) is 50.3 Å². The predicted octanol–water partition coefficient (Wildman–Crippen LogP) is 1.68. The first kappa shape index (κ1) is 28.4. The lowest BCUT2D eigenvalue weighted by Crippen LogP contribution is -2.78. The number of hydrogen-bond acceptors (Lipinski definition) is 9. The maximum absolute atomic E-state index is 13.3. The fourth-order valence-electron chi connectivity index (χ4n) is 5.37. The summed E-state index contributed by atoms with van der Waals surface area (Å²) in [6.45, 7) is 3.51. The van der Waals surface area contributed by atoms with Crippen LogP contribution in [0.3, 0.4) is 0 Å². The average Bonchev–Trinajstić information content (AvgIpc) is 3.34. The van der Waals surface area contributed by atoms with Gasteiger partial charge in [0.05, 0.1) is 22.2 Å². The summed E-state index contributed by atoms with van der Waals surface area (Å²) in [7, 11) is -3.79. The number of hydrogen-bond donors (Lipinski definition) is 3. The van der Waals surface area contributed by atoms with Gasteiger partial charge in [0.2, 0.25) is 15.9 Å². The molecule has 0 unspecified atom stereocenters. The summed E-state index contributed by atoms with van der Waals surface area (Å²) in [4.78, 5) is 36.2. The van der Waals surface area contributed by atoms with Crippen molar-refractivity contribution >= 4 is 27.7 Å². The second kappa shape index (κ2) is 9.76. The highest BCUT2D eigenvalue weighted by atomic mass is 32.2. The Morgan fingerprint density at radius 3 is 2.37 bits per heavy atom. The van der Waals surface area contributed by atoms with Gasteiger partial charge < -0.3 is 15.7 Å². The molecule has 3 heterocycles. The highest BCUT2D eigenvalue weighted by Gasteiger charge is 2.73. The van der Waals surface area contributed by atoms with Crippen molar-refractivity contribution in [2.24, 2.45) is 5.41 Å². The monoisotopic (exact) mass is 594 g/mol. The number of alkyl halides is 3. The van der Waals surface area contributed by atoms with E-state index in [2.05, 4.69) is 24.8 Å². The number of carboxylic acid groups (broad SMARTS) is 1. The molecule has 41 heavy (non-hydrogen) atoms. The van der Waals surface area contributed by atoms with Crippen LogP contribution in [-0.4, -0.2) is 79.8 Å². The van der Waals surface area contributed by atoms with Crippen LogP contribution in [0.1, 0.15) is 31.2 Å². The Bertz CT molecular complexity index is 1600. The molecule has 1 saturated heterocycles. The van der Waals surface area contributed by atoms with Crippen molar-refractivity contribution in [2.75, 3.05) is 18.8 Å². The summed E-state index contributed by atoms with van der Waals surface area (Å²) < 4.78 is 62.5. The Kier molecular flexibility index (Phi) is 6.76. The van der Waals surface area contributed by atoms with Gasteiger partial charge in [-0.1, -0.05) is 6.07 Å². The smallest absolute Gasteiger partial charge is 0.475 e. The zero-order valence-electron chi connectivity index (χ0n) is 21.6. The van der Waals surface area contributed by atoms with Gasteiger partial charge in [0.15, 0.2) is 11.6 Å². The van der Waals surface area contributed by atoms with Gasteiger partial charge in [-0.3, -0.25) is 4.79 Å². The summed E-state index contributed by atoms with van der Waals surface area (Å²) in [6, 6.07) is 4.92. The number of carbonyl (C=O) groups is 2. The van der Waals surface area contributed by atoms with Crippen molar-refractivity contribution < 1.29 is 36.3 Å². The summed E-state index contributed by atoms with van der Waals surface area (Å²) in [5, 5.41) is 11.2. The van der Waals surface area contributed by atoms with Crippen LogP contribution in [0.4, 0.5) is 19.0 Å². The molecule has 17 heteroatoms. The Hall–Kier alpha value is -4.12. The molecule has 7 rings (SSSR count). The van der Waals surface area contributed by atoms with E-state index in [9.17, 15) is 26.4 Å². The van der Waals surface area contributed by atoms with Crippen LogP contribution in [-0.2, 0) is 19.6 Å². The number of sulfonamides is 1. The van der Waals surface area contributed by atoms with Gasteiger partial charge in [-0.15, -0.1) is 0 Å². The number of aromatic nitrogens is 5. The van der Waals surface area contributed by atoms with E-state index in [1.165, 1.54) is 23.5 Å². The number of carbonyl (C=O) groups excluding carboxylic acids is 1. The lowest BCUT2D eigenvalue weighted by atomic mass is 9.39. The molecule has 0 atom stereocenters. The van der Waals surface area contributed by atoms with Crippen molar-refractivity contribution in [1.82, 2.24) is 34.4 Å². The molecule has 1 aromatic carbocycles. The predicted molar refractivity (Wildman–Crippen MR) is 136 cm³/mol. The molecule has 2 aromatic heterocycles. The molecule has 13 nitrogen and oxygen atoms in total. The number of nitrogens with zero attached hydrogens (tertiary/aromatic N) is 6. The summed E-state index contributed by atoms with van der Waals surface area (Å²) in [5.41, 5.74) is 7.01. The highest BCUT2D eigenvalue weighted by molar-refractivity contribution is 7.89. The number of benzene rings is 1. The molecule has 0 radical (unpaired) electrons. The van der Waals surface area contributed by atoms with E-state index >= 15 is 0 Å². The maximum atomic E-state index is 13.3. The quantitative estimate of drug-likeness (QED) is 0.379. The molecular weight excluding hydrogens is 569 g/mol. The van der Waals surface area contributed by atoms with E-state index < -0.39 is 27.7 Å². The highest BCUT2D eigenvalue weighted by Crippen LogP contribution is 2.68. The number of nitrogen functional groups attached to an aromatic ring is 1. The normalized spacial score (nSPS) is 22.9. The SMILES string of the molecule is Cc1ccc(S(=O)(=O)NC23CC(C(=O)N4CCC4)(C2)C3)cc1-c1cnc(N)c(-n2cncn2)n1.O=C(O)C(F)(F)F. The topological polar surface area (TPSA) is 186 Å². The Labute approximate surface area is 231 Å². The van der Waals surface area contributed by atoms with Gasteiger partial charge >= 0.3 is 12.1 Å². The van der Waals surface area contributed by atoms with E-state index in [0.29, 0.717) is 36.3 Å². The molecular formula is C24H25F3N8O5S. The minimum absolute atomic E-state index is 0.141. The minimum Gasteiger partial charge on any atom is -0.475 e.